The van der Waals surface area contributed by atoms with Crippen LogP contribution in [0.2, 0.25) is 0 Å². The fourth-order valence-electron chi connectivity index (χ4n) is 1.60. The molecule has 1 rings (SSSR count). The Kier molecular flexibility index (Phi) is 6.36. The molecule has 0 aliphatic rings. The van der Waals surface area contributed by atoms with Crippen LogP contribution >= 0.6 is 0 Å². The summed E-state index contributed by atoms with van der Waals surface area (Å²) in [5.41, 5.74) is 0.473. The van der Waals surface area contributed by atoms with Crippen molar-refractivity contribution in [3.8, 4) is 11.5 Å². The van der Waals surface area contributed by atoms with E-state index in [9.17, 15) is 9.59 Å². The third-order valence-corrected chi connectivity index (χ3v) is 2.63. The topological polar surface area (TPSA) is 76.7 Å². The summed E-state index contributed by atoms with van der Waals surface area (Å²) in [6.07, 6.45) is 0.673. The molecule has 0 unspecified atom stereocenters. The summed E-state index contributed by atoms with van der Waals surface area (Å²) in [6.45, 7) is 2.48. The van der Waals surface area contributed by atoms with E-state index < -0.39 is 0 Å². The van der Waals surface area contributed by atoms with Gasteiger partial charge in [-0.2, -0.15) is 0 Å². The van der Waals surface area contributed by atoms with E-state index in [0.29, 0.717) is 36.6 Å². The first-order valence-electron chi connectivity index (χ1n) is 6.32. The highest BCUT2D eigenvalue weighted by molar-refractivity contribution is 5.95. The lowest BCUT2D eigenvalue weighted by atomic mass is 10.2. The molecule has 2 amide bonds. The smallest absolute Gasteiger partial charge is 0.251 e. The van der Waals surface area contributed by atoms with Gasteiger partial charge in [-0.25, -0.2) is 0 Å². The molecule has 1 aromatic rings. The van der Waals surface area contributed by atoms with Crippen LogP contribution in [0.15, 0.2) is 18.2 Å². The van der Waals surface area contributed by atoms with Gasteiger partial charge in [-0.3, -0.25) is 9.59 Å². The molecule has 0 heterocycles. The molecule has 0 bridgehead atoms. The number of hydrogen-bond acceptors (Lipinski definition) is 4. The Morgan fingerprint density at radius 3 is 2.05 bits per heavy atom. The largest absolute Gasteiger partial charge is 0.497 e. The van der Waals surface area contributed by atoms with Crippen LogP contribution in [0.4, 0.5) is 0 Å². The van der Waals surface area contributed by atoms with Crippen LogP contribution < -0.4 is 20.1 Å². The lowest BCUT2D eigenvalue weighted by Crippen LogP contribution is -2.28. The van der Waals surface area contributed by atoms with Crippen molar-refractivity contribution in [3.63, 3.8) is 0 Å². The molecule has 0 aromatic heterocycles. The molecule has 0 aliphatic carbocycles. The summed E-state index contributed by atoms with van der Waals surface area (Å²) >= 11 is 0. The van der Waals surface area contributed by atoms with Gasteiger partial charge in [0.15, 0.2) is 0 Å². The zero-order valence-corrected chi connectivity index (χ0v) is 12.0. The van der Waals surface area contributed by atoms with E-state index in [-0.39, 0.29) is 11.8 Å². The minimum atomic E-state index is -0.204. The number of carbonyl (C=O) groups is 2. The normalized spacial score (nSPS) is 9.75. The molecule has 110 valence electrons. The van der Waals surface area contributed by atoms with Gasteiger partial charge in [-0.15, -0.1) is 0 Å². The fourth-order valence-corrected chi connectivity index (χ4v) is 1.60. The van der Waals surface area contributed by atoms with E-state index in [1.807, 2.05) is 0 Å². The number of carbonyl (C=O) groups excluding carboxylic acids is 2. The predicted octanol–water partition coefficient (Wildman–Crippen LogP) is 0.960. The maximum Gasteiger partial charge on any atom is 0.251 e. The van der Waals surface area contributed by atoms with Gasteiger partial charge in [0.1, 0.15) is 11.5 Å². The van der Waals surface area contributed by atoms with Gasteiger partial charge < -0.3 is 20.1 Å². The van der Waals surface area contributed by atoms with E-state index in [2.05, 4.69) is 10.6 Å². The second kappa shape index (κ2) is 8.04. The van der Waals surface area contributed by atoms with Crippen LogP contribution in [0.1, 0.15) is 23.7 Å². The van der Waals surface area contributed by atoms with Crippen molar-refractivity contribution in [1.29, 1.82) is 0 Å². The van der Waals surface area contributed by atoms with Crippen LogP contribution in [0, 0.1) is 0 Å². The summed E-state index contributed by atoms with van der Waals surface area (Å²) in [4.78, 5) is 22.6. The predicted molar refractivity (Wildman–Crippen MR) is 75.2 cm³/mol. The fraction of sp³-hybridized carbons (Fsp3) is 0.429. The molecule has 6 heteroatoms. The van der Waals surface area contributed by atoms with Crippen LogP contribution in [0.5, 0.6) is 11.5 Å². The molecule has 20 heavy (non-hydrogen) atoms. The first-order chi connectivity index (χ1) is 9.56. The molecule has 0 radical (unpaired) electrons. The Bertz CT molecular complexity index is 452. The highest BCUT2D eigenvalue weighted by Crippen LogP contribution is 2.22. The Hall–Kier alpha value is -2.24. The SMILES string of the molecule is COc1cc(OC)cc(C(=O)NCCCNC(C)=O)c1. The molecule has 0 atom stereocenters. The number of ether oxygens (including phenoxy) is 2. The van der Waals surface area contributed by atoms with Gasteiger partial charge in [0.25, 0.3) is 5.91 Å². The average molecular weight is 280 g/mol. The summed E-state index contributed by atoms with van der Waals surface area (Å²) in [6, 6.07) is 4.99. The average Bonchev–Trinajstić information content (AvgIpc) is 2.45. The Labute approximate surface area is 118 Å². The Morgan fingerprint density at radius 2 is 1.55 bits per heavy atom. The molecular weight excluding hydrogens is 260 g/mol. The van der Waals surface area contributed by atoms with Crippen LogP contribution in [0.25, 0.3) is 0 Å². The maximum atomic E-state index is 12.0. The molecule has 0 saturated carbocycles. The van der Waals surface area contributed by atoms with E-state index >= 15 is 0 Å². The molecule has 0 fully saturated rings. The van der Waals surface area contributed by atoms with E-state index in [0.717, 1.165) is 0 Å². The molecular formula is C14H20N2O4. The van der Waals surface area contributed by atoms with Crippen LogP contribution in [0.3, 0.4) is 0 Å². The summed E-state index contributed by atoms with van der Waals surface area (Å²) in [5, 5.41) is 5.44. The maximum absolute atomic E-state index is 12.0. The van der Waals surface area contributed by atoms with Crippen molar-refractivity contribution < 1.29 is 19.1 Å². The minimum absolute atomic E-state index is 0.0751. The summed E-state index contributed by atoms with van der Waals surface area (Å²) in [7, 11) is 3.06. The number of hydrogen-bond donors (Lipinski definition) is 2. The first kappa shape index (κ1) is 15.8. The van der Waals surface area contributed by atoms with E-state index in [1.54, 1.807) is 18.2 Å². The van der Waals surface area contributed by atoms with Crippen molar-refractivity contribution in [1.82, 2.24) is 10.6 Å². The van der Waals surface area contributed by atoms with Crippen molar-refractivity contribution in [3.05, 3.63) is 23.8 Å². The zero-order chi connectivity index (χ0) is 15.0. The van der Waals surface area contributed by atoms with Crippen molar-refractivity contribution in [2.45, 2.75) is 13.3 Å². The van der Waals surface area contributed by atoms with Crippen molar-refractivity contribution >= 4 is 11.8 Å². The summed E-state index contributed by atoms with van der Waals surface area (Å²) < 4.78 is 10.2. The summed E-state index contributed by atoms with van der Waals surface area (Å²) in [5.74, 6) is 0.847. The van der Waals surface area contributed by atoms with E-state index in [4.69, 9.17) is 9.47 Å². The second-order valence-electron chi connectivity index (χ2n) is 4.19. The number of rotatable bonds is 7. The molecule has 6 nitrogen and oxygen atoms in total. The van der Waals surface area contributed by atoms with Gasteiger partial charge in [0, 0.05) is 31.6 Å². The number of amides is 2. The quantitative estimate of drug-likeness (QED) is 0.729. The lowest BCUT2D eigenvalue weighted by Gasteiger charge is -2.09. The highest BCUT2D eigenvalue weighted by Gasteiger charge is 2.09. The van der Waals surface area contributed by atoms with Gasteiger partial charge >= 0.3 is 0 Å². The third-order valence-electron chi connectivity index (χ3n) is 2.63. The number of nitrogens with one attached hydrogen (secondary N) is 2. The highest BCUT2D eigenvalue weighted by atomic mass is 16.5. The number of methoxy groups -OCH3 is 2. The zero-order valence-electron chi connectivity index (χ0n) is 12.0. The Balaban J connectivity index is 2.52. The molecule has 1 aromatic carbocycles. The van der Waals surface area contributed by atoms with Gasteiger partial charge in [-0.1, -0.05) is 0 Å². The lowest BCUT2D eigenvalue weighted by molar-refractivity contribution is -0.118. The first-order valence-corrected chi connectivity index (χ1v) is 6.32. The van der Waals surface area contributed by atoms with Crippen molar-refractivity contribution in [2.24, 2.45) is 0 Å². The monoisotopic (exact) mass is 280 g/mol. The van der Waals surface area contributed by atoms with Gasteiger partial charge in [0.2, 0.25) is 5.91 Å². The van der Waals surface area contributed by atoms with Gasteiger partial charge in [0.05, 0.1) is 14.2 Å². The minimum Gasteiger partial charge on any atom is -0.497 e. The van der Waals surface area contributed by atoms with Gasteiger partial charge in [-0.05, 0) is 18.6 Å². The number of benzene rings is 1. The standard InChI is InChI=1S/C14H20N2O4/c1-10(17)15-5-4-6-16-14(18)11-7-12(19-2)9-13(8-11)20-3/h7-9H,4-6H2,1-3H3,(H,15,17)(H,16,18). The molecule has 0 aliphatic heterocycles. The van der Waals surface area contributed by atoms with E-state index in [1.165, 1.54) is 21.1 Å². The van der Waals surface area contributed by atoms with Crippen LogP contribution in [-0.4, -0.2) is 39.1 Å². The Morgan fingerprint density at radius 1 is 1.00 bits per heavy atom. The second-order valence-corrected chi connectivity index (χ2v) is 4.19. The van der Waals surface area contributed by atoms with Crippen molar-refractivity contribution in [2.75, 3.05) is 27.3 Å². The molecule has 0 saturated heterocycles. The third kappa shape index (κ3) is 5.17. The molecule has 0 spiro atoms. The van der Waals surface area contributed by atoms with Crippen LogP contribution in [-0.2, 0) is 4.79 Å². The molecule has 2 N–H and O–H groups in total.